The van der Waals surface area contributed by atoms with Crippen LogP contribution in [0.2, 0.25) is 0 Å². The number of carbonyl (C=O) groups is 1. The van der Waals surface area contributed by atoms with Crippen molar-refractivity contribution in [1.82, 2.24) is 4.98 Å². The smallest absolute Gasteiger partial charge is 0.196 e. The average molecular weight is 364 g/mol. The maximum Gasteiger partial charge on any atom is 0.196 e. The molecular weight excluding hydrogens is 343 g/mol. The van der Waals surface area contributed by atoms with Gasteiger partial charge >= 0.3 is 0 Å². The highest BCUT2D eigenvalue weighted by molar-refractivity contribution is 6.16. The molecule has 0 radical (unpaired) electrons. The molecule has 138 valence electrons. The second-order valence-corrected chi connectivity index (χ2v) is 6.79. The van der Waals surface area contributed by atoms with Gasteiger partial charge in [-0.3, -0.25) is 9.78 Å². The Balaban J connectivity index is 1.86. The summed E-state index contributed by atoms with van der Waals surface area (Å²) in [6, 6.07) is 11.6. The number of aromatic nitrogens is 1. The Kier molecular flexibility index (Phi) is 4.75. The molecule has 1 aliphatic rings. The van der Waals surface area contributed by atoms with Crippen molar-refractivity contribution in [2.75, 3.05) is 25.1 Å². The molecule has 0 aliphatic carbocycles. The number of fused-ring (bicyclic) bond motifs is 1. The first-order chi connectivity index (χ1) is 13.2. The van der Waals surface area contributed by atoms with Crippen molar-refractivity contribution in [3.63, 3.8) is 0 Å². The summed E-state index contributed by atoms with van der Waals surface area (Å²) >= 11 is 0. The zero-order valence-corrected chi connectivity index (χ0v) is 15.2. The van der Waals surface area contributed by atoms with Crippen molar-refractivity contribution < 1.29 is 13.9 Å². The highest BCUT2D eigenvalue weighted by atomic mass is 19.1. The molecule has 0 atom stereocenters. The first kappa shape index (κ1) is 17.5. The van der Waals surface area contributed by atoms with Gasteiger partial charge in [0.1, 0.15) is 11.6 Å². The summed E-state index contributed by atoms with van der Waals surface area (Å²) in [6.45, 7) is 1.72. The van der Waals surface area contributed by atoms with E-state index in [1.165, 1.54) is 18.6 Å². The van der Waals surface area contributed by atoms with Crippen LogP contribution in [0.3, 0.4) is 0 Å². The van der Waals surface area contributed by atoms with Crippen molar-refractivity contribution >= 4 is 22.4 Å². The predicted molar refractivity (Wildman–Crippen MR) is 104 cm³/mol. The van der Waals surface area contributed by atoms with Gasteiger partial charge in [-0.25, -0.2) is 4.39 Å². The molecule has 4 nitrogen and oxygen atoms in total. The van der Waals surface area contributed by atoms with E-state index in [1.54, 1.807) is 43.6 Å². The lowest BCUT2D eigenvalue weighted by molar-refractivity contribution is 0.103. The molecule has 1 aliphatic heterocycles. The Morgan fingerprint density at radius 2 is 1.81 bits per heavy atom. The van der Waals surface area contributed by atoms with Gasteiger partial charge in [0.05, 0.1) is 23.9 Å². The fourth-order valence-electron chi connectivity index (χ4n) is 3.67. The largest absolute Gasteiger partial charge is 0.497 e. The molecule has 1 aromatic heterocycles. The number of hydrogen-bond donors (Lipinski definition) is 0. The lowest BCUT2D eigenvalue weighted by Crippen LogP contribution is -2.31. The SMILES string of the molecule is COc1ccc(C(=O)c2cnc3ccc(F)cc3c2N2CCCCC2)cc1. The summed E-state index contributed by atoms with van der Waals surface area (Å²) in [5.74, 6) is 0.259. The lowest BCUT2D eigenvalue weighted by atomic mass is 9.98. The van der Waals surface area contributed by atoms with Crippen LogP contribution in [0.4, 0.5) is 10.1 Å². The van der Waals surface area contributed by atoms with Crippen LogP contribution in [0.25, 0.3) is 10.9 Å². The third-order valence-corrected chi connectivity index (χ3v) is 5.07. The Bertz CT molecular complexity index is 980. The quantitative estimate of drug-likeness (QED) is 0.635. The van der Waals surface area contributed by atoms with E-state index >= 15 is 0 Å². The molecule has 5 heteroatoms. The zero-order chi connectivity index (χ0) is 18.8. The molecule has 4 rings (SSSR count). The molecule has 2 aromatic carbocycles. The van der Waals surface area contributed by atoms with Crippen LogP contribution in [-0.4, -0.2) is 31.0 Å². The molecule has 0 bridgehead atoms. The minimum atomic E-state index is -0.323. The van der Waals surface area contributed by atoms with Crippen molar-refractivity contribution in [1.29, 1.82) is 0 Å². The third-order valence-electron chi connectivity index (χ3n) is 5.07. The van der Waals surface area contributed by atoms with Gasteiger partial charge in [-0.2, -0.15) is 0 Å². The molecule has 0 saturated carbocycles. The molecule has 3 aromatic rings. The highest BCUT2D eigenvalue weighted by Crippen LogP contribution is 2.33. The summed E-state index contributed by atoms with van der Waals surface area (Å²) < 4.78 is 19.1. The average Bonchev–Trinajstić information content (AvgIpc) is 2.73. The second kappa shape index (κ2) is 7.35. The van der Waals surface area contributed by atoms with Crippen molar-refractivity contribution in [3.8, 4) is 5.75 Å². The van der Waals surface area contributed by atoms with E-state index in [2.05, 4.69) is 9.88 Å². The highest BCUT2D eigenvalue weighted by Gasteiger charge is 2.23. The zero-order valence-electron chi connectivity index (χ0n) is 15.2. The molecule has 1 fully saturated rings. The number of anilines is 1. The van der Waals surface area contributed by atoms with Crippen molar-refractivity contribution in [2.45, 2.75) is 19.3 Å². The van der Waals surface area contributed by atoms with Gasteiger partial charge in [-0.15, -0.1) is 0 Å². The lowest BCUT2D eigenvalue weighted by Gasteiger charge is -2.31. The topological polar surface area (TPSA) is 42.4 Å². The molecular formula is C22H21FN2O2. The van der Waals surface area contributed by atoms with Gasteiger partial charge in [0.2, 0.25) is 0 Å². The number of pyridine rings is 1. The van der Waals surface area contributed by atoms with E-state index in [-0.39, 0.29) is 11.6 Å². The maximum absolute atomic E-state index is 14.0. The molecule has 0 amide bonds. The Hall–Kier alpha value is -2.95. The second-order valence-electron chi connectivity index (χ2n) is 6.79. The van der Waals surface area contributed by atoms with Gasteiger partial charge in [0.15, 0.2) is 5.78 Å². The number of piperidine rings is 1. The van der Waals surface area contributed by atoms with Gasteiger partial charge in [-0.05, 0) is 61.7 Å². The standard InChI is InChI=1S/C22H21FN2O2/c1-27-17-8-5-15(6-9-17)22(26)19-14-24-20-10-7-16(23)13-18(20)21(19)25-11-3-2-4-12-25/h5-10,13-14H,2-4,11-12H2,1H3. The number of benzene rings is 2. The minimum absolute atomic E-state index is 0.114. The maximum atomic E-state index is 14.0. The normalized spacial score (nSPS) is 14.4. The van der Waals surface area contributed by atoms with Crippen LogP contribution >= 0.6 is 0 Å². The van der Waals surface area contributed by atoms with Crippen molar-refractivity contribution in [3.05, 3.63) is 65.6 Å². The van der Waals surface area contributed by atoms with E-state index in [0.29, 0.717) is 27.8 Å². The number of ketones is 1. The summed E-state index contributed by atoms with van der Waals surface area (Å²) in [7, 11) is 1.59. The molecule has 2 heterocycles. The summed E-state index contributed by atoms with van der Waals surface area (Å²) in [5, 5.41) is 0.691. The number of ether oxygens (including phenoxy) is 1. The molecule has 27 heavy (non-hydrogen) atoms. The van der Waals surface area contributed by atoms with E-state index < -0.39 is 0 Å². The van der Waals surface area contributed by atoms with Gasteiger partial charge in [-0.1, -0.05) is 0 Å². The number of hydrogen-bond acceptors (Lipinski definition) is 4. The fraction of sp³-hybridized carbons (Fsp3) is 0.273. The van der Waals surface area contributed by atoms with Crippen LogP contribution in [0.5, 0.6) is 5.75 Å². The van der Waals surface area contributed by atoms with E-state index in [1.807, 2.05) is 0 Å². The third kappa shape index (κ3) is 3.37. The van der Waals surface area contributed by atoms with Crippen LogP contribution in [0.1, 0.15) is 35.2 Å². The Morgan fingerprint density at radius 1 is 1.07 bits per heavy atom. The molecule has 0 unspecified atom stereocenters. The van der Waals surface area contributed by atoms with Gasteiger partial charge < -0.3 is 9.64 Å². The van der Waals surface area contributed by atoms with Crippen LogP contribution in [0.15, 0.2) is 48.7 Å². The summed E-state index contributed by atoms with van der Waals surface area (Å²) in [4.78, 5) is 19.9. The number of methoxy groups -OCH3 is 1. The predicted octanol–water partition coefficient (Wildman–Crippen LogP) is 4.60. The monoisotopic (exact) mass is 364 g/mol. The number of halogens is 1. The molecule has 0 spiro atoms. The van der Waals surface area contributed by atoms with Gasteiger partial charge in [0, 0.05) is 30.2 Å². The number of rotatable bonds is 4. The Morgan fingerprint density at radius 3 is 2.52 bits per heavy atom. The summed E-state index contributed by atoms with van der Waals surface area (Å²) in [6.07, 6.45) is 4.93. The molecule has 0 N–H and O–H groups in total. The van der Waals surface area contributed by atoms with Gasteiger partial charge in [0.25, 0.3) is 0 Å². The molecule has 1 saturated heterocycles. The Labute approximate surface area is 157 Å². The minimum Gasteiger partial charge on any atom is -0.497 e. The summed E-state index contributed by atoms with van der Waals surface area (Å²) in [5.41, 5.74) is 2.56. The van der Waals surface area contributed by atoms with Crippen LogP contribution in [-0.2, 0) is 0 Å². The first-order valence-electron chi connectivity index (χ1n) is 9.19. The number of carbonyl (C=O) groups excluding carboxylic acids is 1. The van der Waals surface area contributed by atoms with E-state index in [0.717, 1.165) is 31.6 Å². The van der Waals surface area contributed by atoms with E-state index in [4.69, 9.17) is 4.74 Å². The van der Waals surface area contributed by atoms with Crippen LogP contribution in [0, 0.1) is 5.82 Å². The van der Waals surface area contributed by atoms with Crippen molar-refractivity contribution in [2.24, 2.45) is 0 Å². The van der Waals surface area contributed by atoms with Crippen LogP contribution < -0.4 is 9.64 Å². The fourth-order valence-corrected chi connectivity index (χ4v) is 3.67. The van der Waals surface area contributed by atoms with E-state index in [9.17, 15) is 9.18 Å². The number of nitrogens with zero attached hydrogens (tertiary/aromatic N) is 2. The first-order valence-corrected chi connectivity index (χ1v) is 9.19.